The lowest BCUT2D eigenvalue weighted by atomic mass is 10.1. The van der Waals surface area contributed by atoms with E-state index in [-0.39, 0.29) is 35.7 Å². The van der Waals surface area contributed by atoms with Crippen LogP contribution in [0.2, 0.25) is 0 Å². The summed E-state index contributed by atoms with van der Waals surface area (Å²) in [7, 11) is 1.54. The first-order valence-corrected chi connectivity index (χ1v) is 21.9. The van der Waals surface area contributed by atoms with Gasteiger partial charge in [0.1, 0.15) is 6.04 Å². The minimum atomic E-state index is -0.639. The van der Waals surface area contributed by atoms with Gasteiger partial charge in [0.05, 0.1) is 0 Å². The third-order valence-corrected chi connectivity index (χ3v) is 9.95. The van der Waals surface area contributed by atoms with Crippen LogP contribution >= 0.6 is 11.8 Å². The van der Waals surface area contributed by atoms with Crippen molar-refractivity contribution in [3.05, 3.63) is 0 Å². The molecule has 0 aliphatic carbocycles. The number of rotatable bonds is 33. The monoisotopic (exact) mass is 807 g/mol. The van der Waals surface area contributed by atoms with Crippen LogP contribution in [0.25, 0.3) is 0 Å². The normalized spacial score (nSPS) is 13.0. The van der Waals surface area contributed by atoms with E-state index in [1.807, 2.05) is 0 Å². The van der Waals surface area contributed by atoms with Gasteiger partial charge in [-0.15, -0.1) is 0 Å². The van der Waals surface area contributed by atoms with Gasteiger partial charge >= 0.3 is 0 Å². The zero-order valence-corrected chi connectivity index (χ0v) is 36.0. The summed E-state index contributed by atoms with van der Waals surface area (Å²) in [5, 5.41) is 23.8. The quantitative estimate of drug-likeness (QED) is 0.0254. The number of hydrogen-bond donors (Lipinski definition) is 9. The summed E-state index contributed by atoms with van der Waals surface area (Å²) < 4.78 is 0. The standard InChI is InChI=1S/C39H78N14O2S/c1-5-6-7-8-9-10-11-12-16-19-28-56-30-34(50-32(3)54)35(55)53(26-20-24-48-37(43)51-36(42)46-4)27-21-25-49-39(45)52-38(44)47-23-18-15-13-14-17-22-33(41)29-31(2)40/h34,40-41H,5-30H2,1-4H3,(H,50,54)(H5,42,43,46,48,51)(H5,44,45,47,49,52)/t34-/m1/s1. The zero-order chi connectivity index (χ0) is 41.8. The highest BCUT2D eigenvalue weighted by Gasteiger charge is 2.25. The Hall–Kier alpha value is -3.89. The highest BCUT2D eigenvalue weighted by atomic mass is 32.2. The zero-order valence-electron chi connectivity index (χ0n) is 35.2. The molecule has 0 bridgehead atoms. The Morgan fingerprint density at radius 2 is 1.12 bits per heavy atom. The lowest BCUT2D eigenvalue weighted by Gasteiger charge is -2.27. The molecule has 0 aromatic carbocycles. The van der Waals surface area contributed by atoms with Crippen molar-refractivity contribution in [2.75, 3.05) is 51.3 Å². The molecule has 0 saturated carbocycles. The first-order valence-electron chi connectivity index (χ1n) is 20.8. The van der Waals surface area contributed by atoms with Crippen LogP contribution in [0.4, 0.5) is 0 Å². The number of guanidine groups is 4. The minimum absolute atomic E-state index is 0.142. The second-order valence-corrected chi connectivity index (χ2v) is 15.4. The van der Waals surface area contributed by atoms with Crippen LogP contribution < -0.4 is 38.9 Å². The van der Waals surface area contributed by atoms with Gasteiger partial charge in [-0.2, -0.15) is 11.8 Å². The van der Waals surface area contributed by atoms with Crippen molar-refractivity contribution < 1.29 is 9.59 Å². The number of thioether (sulfide) groups is 1. The number of amides is 2. The molecule has 16 nitrogen and oxygen atoms in total. The van der Waals surface area contributed by atoms with Gasteiger partial charge in [0.15, 0.2) is 23.8 Å². The number of hydrogen-bond acceptors (Lipinski definition) is 9. The van der Waals surface area contributed by atoms with E-state index in [0.29, 0.717) is 69.2 Å². The average molecular weight is 807 g/mol. The van der Waals surface area contributed by atoms with Crippen molar-refractivity contribution in [1.82, 2.24) is 20.9 Å². The molecule has 0 saturated heterocycles. The number of nitrogens with zero attached hydrogens (tertiary/aromatic N) is 5. The fourth-order valence-electron chi connectivity index (χ4n) is 5.81. The number of unbranched alkanes of at least 4 members (excludes halogenated alkanes) is 13. The number of aliphatic imine (C=N–C) groups is 4. The van der Waals surface area contributed by atoms with Gasteiger partial charge in [-0.25, -0.2) is 0 Å². The van der Waals surface area contributed by atoms with E-state index in [1.54, 1.807) is 30.6 Å². The summed E-state index contributed by atoms with van der Waals surface area (Å²) in [6, 6.07) is -0.639. The second kappa shape index (κ2) is 35.5. The van der Waals surface area contributed by atoms with E-state index in [0.717, 1.165) is 50.7 Å². The predicted molar refractivity (Wildman–Crippen MR) is 239 cm³/mol. The molecule has 56 heavy (non-hydrogen) atoms. The second-order valence-electron chi connectivity index (χ2n) is 14.3. The SMILES string of the molecule is CCCCCCCCCCCCSC[C@@H](NC(C)=O)C(=O)N(CCCN=C(N)NC(N)=NC)CCCN=C(N)NC(N)=NCCCCCCCC(=N)CC(C)=N. The molecule has 0 aromatic heterocycles. The number of carbonyl (C=O) groups excluding carboxylic acids is 2. The van der Waals surface area contributed by atoms with Gasteiger partial charge in [-0.1, -0.05) is 84.0 Å². The highest BCUT2D eigenvalue weighted by Crippen LogP contribution is 2.14. The molecule has 0 fully saturated rings. The number of nitrogens with one attached hydrogen (secondary N) is 5. The Balaban J connectivity index is 4.99. The Bertz CT molecular complexity index is 1220. The van der Waals surface area contributed by atoms with Crippen molar-refractivity contribution in [1.29, 1.82) is 10.8 Å². The van der Waals surface area contributed by atoms with Crippen molar-refractivity contribution in [2.24, 2.45) is 42.9 Å². The molecule has 0 rings (SSSR count). The van der Waals surface area contributed by atoms with E-state index in [1.165, 1.54) is 64.7 Å². The summed E-state index contributed by atoms with van der Waals surface area (Å²) >= 11 is 1.70. The average Bonchev–Trinajstić information content (AvgIpc) is 3.14. The van der Waals surface area contributed by atoms with Gasteiger partial charge < -0.3 is 44.0 Å². The first kappa shape index (κ1) is 52.1. The lowest BCUT2D eigenvalue weighted by Crippen LogP contribution is -2.50. The predicted octanol–water partition coefficient (Wildman–Crippen LogP) is 4.61. The molecule has 322 valence electrons. The maximum atomic E-state index is 13.8. The largest absolute Gasteiger partial charge is 0.370 e. The maximum absolute atomic E-state index is 13.8. The molecule has 1 atom stereocenters. The molecule has 0 aromatic rings. The van der Waals surface area contributed by atoms with E-state index in [4.69, 9.17) is 33.8 Å². The summed E-state index contributed by atoms with van der Waals surface area (Å²) in [6.45, 7) is 7.54. The lowest BCUT2D eigenvalue weighted by molar-refractivity contribution is -0.135. The molecule has 17 heteroatoms. The first-order chi connectivity index (χ1) is 26.9. The fourth-order valence-corrected chi connectivity index (χ4v) is 6.85. The van der Waals surface area contributed by atoms with Gasteiger partial charge in [-0.3, -0.25) is 40.2 Å². The molecule has 2 amide bonds. The summed E-state index contributed by atoms with van der Waals surface area (Å²) in [5.41, 5.74) is 24.8. The Labute approximate surface area is 342 Å². The molecular formula is C39H78N14O2S. The third-order valence-electron chi connectivity index (χ3n) is 8.80. The highest BCUT2D eigenvalue weighted by molar-refractivity contribution is 7.99. The number of nitrogens with two attached hydrogens (primary N) is 4. The number of carbonyl (C=O) groups is 2. The van der Waals surface area contributed by atoms with Crippen molar-refractivity contribution in [2.45, 2.75) is 149 Å². The fraction of sp³-hybridized carbons (Fsp3) is 0.795. The van der Waals surface area contributed by atoms with Crippen LogP contribution in [0, 0.1) is 10.8 Å². The Kier molecular flexibility index (Phi) is 33.1. The van der Waals surface area contributed by atoms with Crippen LogP contribution in [0.3, 0.4) is 0 Å². The maximum Gasteiger partial charge on any atom is 0.246 e. The van der Waals surface area contributed by atoms with E-state index in [2.05, 4.69) is 42.8 Å². The van der Waals surface area contributed by atoms with Gasteiger partial charge in [0.2, 0.25) is 11.8 Å². The van der Waals surface area contributed by atoms with Crippen LogP contribution in [0.1, 0.15) is 143 Å². The molecular weight excluding hydrogens is 729 g/mol. The molecule has 13 N–H and O–H groups in total. The van der Waals surface area contributed by atoms with E-state index < -0.39 is 6.04 Å². The summed E-state index contributed by atoms with van der Waals surface area (Å²) in [4.78, 5) is 44.5. The van der Waals surface area contributed by atoms with Crippen molar-refractivity contribution in [3.63, 3.8) is 0 Å². The summed E-state index contributed by atoms with van der Waals surface area (Å²) in [6.07, 6.45) is 20.1. The van der Waals surface area contributed by atoms with E-state index in [9.17, 15) is 9.59 Å². The van der Waals surface area contributed by atoms with E-state index >= 15 is 0 Å². The van der Waals surface area contributed by atoms with Crippen LogP contribution in [0.5, 0.6) is 0 Å². The Morgan fingerprint density at radius 3 is 1.62 bits per heavy atom. The van der Waals surface area contributed by atoms with Crippen LogP contribution in [-0.4, -0.2) is 109 Å². The topological polar surface area (TPSA) is 275 Å². The smallest absolute Gasteiger partial charge is 0.246 e. The third kappa shape index (κ3) is 32.4. The van der Waals surface area contributed by atoms with Crippen molar-refractivity contribution in [3.8, 4) is 0 Å². The molecule has 0 unspecified atom stereocenters. The molecule has 0 aliphatic rings. The van der Waals surface area contributed by atoms with Crippen LogP contribution in [0.15, 0.2) is 20.0 Å². The van der Waals surface area contributed by atoms with Gasteiger partial charge in [-0.05, 0) is 51.2 Å². The van der Waals surface area contributed by atoms with Gasteiger partial charge in [0, 0.05) is 70.3 Å². The Morgan fingerprint density at radius 1 is 0.661 bits per heavy atom. The van der Waals surface area contributed by atoms with Gasteiger partial charge in [0.25, 0.3) is 0 Å². The molecule has 0 heterocycles. The molecule has 0 radical (unpaired) electrons. The van der Waals surface area contributed by atoms with Crippen LogP contribution in [-0.2, 0) is 9.59 Å². The molecule has 0 aliphatic heterocycles. The minimum Gasteiger partial charge on any atom is -0.370 e. The van der Waals surface area contributed by atoms with Crippen molar-refractivity contribution >= 4 is 58.8 Å². The molecule has 0 spiro atoms. The summed E-state index contributed by atoms with van der Waals surface area (Å²) in [5.74, 6) is 1.72.